The molecule has 0 atom stereocenters. The first kappa shape index (κ1) is 12.7. The fourth-order valence-corrected chi connectivity index (χ4v) is 1.63. The van der Waals surface area contributed by atoms with Gasteiger partial charge < -0.3 is 10.4 Å². The smallest absolute Gasteiger partial charge is 0.331 e. The summed E-state index contributed by atoms with van der Waals surface area (Å²) in [6.07, 6.45) is 4.83. The lowest BCUT2D eigenvalue weighted by Gasteiger charge is -2.25. The summed E-state index contributed by atoms with van der Waals surface area (Å²) in [6.45, 7) is 3.64. The molecule has 0 aliphatic heterocycles. The number of amides is 1. The zero-order valence-corrected chi connectivity index (χ0v) is 9.88. The highest BCUT2D eigenvalue weighted by Crippen LogP contribution is 2.28. The largest absolute Gasteiger partial charge is 0.478 e. The van der Waals surface area contributed by atoms with Crippen LogP contribution in [0, 0.1) is 5.92 Å². The number of aliphatic carboxylic acids is 1. The van der Waals surface area contributed by atoms with E-state index in [1.165, 1.54) is 26.2 Å². The molecule has 0 bridgehead atoms. The van der Waals surface area contributed by atoms with Gasteiger partial charge in [0, 0.05) is 17.7 Å². The number of carboxylic acid groups (broad SMARTS) is 1. The second kappa shape index (κ2) is 5.68. The summed E-state index contributed by atoms with van der Waals surface area (Å²) in [7, 11) is 0. The molecule has 1 aliphatic rings. The fraction of sp³-hybridized carbons (Fsp3) is 0.667. The summed E-state index contributed by atoms with van der Waals surface area (Å²) in [5, 5.41) is 11.5. The normalized spacial score (nSPS) is 17.4. The first-order valence-corrected chi connectivity index (χ1v) is 5.71. The van der Waals surface area contributed by atoms with Crippen molar-refractivity contribution in [3.05, 3.63) is 11.1 Å². The van der Waals surface area contributed by atoms with Gasteiger partial charge in [-0.05, 0) is 26.2 Å². The zero-order chi connectivity index (χ0) is 12.1. The van der Waals surface area contributed by atoms with Crippen LogP contribution in [0.15, 0.2) is 11.1 Å². The minimum absolute atomic E-state index is 0.112. The molecule has 1 fully saturated rings. The number of carbonyl (C=O) groups is 2. The van der Waals surface area contributed by atoms with Crippen LogP contribution in [0.5, 0.6) is 0 Å². The minimum atomic E-state index is -1.04. The van der Waals surface area contributed by atoms with Gasteiger partial charge in [0.2, 0.25) is 5.91 Å². The van der Waals surface area contributed by atoms with E-state index in [0.29, 0.717) is 12.1 Å². The molecule has 1 aliphatic carbocycles. The van der Waals surface area contributed by atoms with Crippen molar-refractivity contribution in [2.75, 3.05) is 6.54 Å². The van der Waals surface area contributed by atoms with Gasteiger partial charge in [0.25, 0.3) is 0 Å². The molecule has 16 heavy (non-hydrogen) atoms. The lowest BCUT2D eigenvalue weighted by atomic mass is 9.83. The van der Waals surface area contributed by atoms with Crippen LogP contribution in [0.3, 0.4) is 0 Å². The van der Waals surface area contributed by atoms with Crippen LogP contribution in [0.2, 0.25) is 0 Å². The first-order valence-electron chi connectivity index (χ1n) is 5.71. The first-order chi connectivity index (χ1) is 7.52. The van der Waals surface area contributed by atoms with E-state index in [0.717, 1.165) is 12.3 Å². The summed E-state index contributed by atoms with van der Waals surface area (Å²) < 4.78 is 0. The van der Waals surface area contributed by atoms with E-state index in [4.69, 9.17) is 5.11 Å². The van der Waals surface area contributed by atoms with Crippen molar-refractivity contribution in [3.8, 4) is 0 Å². The van der Waals surface area contributed by atoms with E-state index in [1.807, 2.05) is 0 Å². The van der Waals surface area contributed by atoms with Crippen LogP contribution >= 0.6 is 0 Å². The molecule has 0 aromatic rings. The highest BCUT2D eigenvalue weighted by molar-refractivity contribution is 6.01. The maximum atomic E-state index is 11.5. The van der Waals surface area contributed by atoms with Gasteiger partial charge in [0.05, 0.1) is 0 Å². The van der Waals surface area contributed by atoms with E-state index in [-0.39, 0.29) is 11.5 Å². The fourth-order valence-electron chi connectivity index (χ4n) is 1.63. The molecule has 0 aromatic carbocycles. The van der Waals surface area contributed by atoms with Gasteiger partial charge in [-0.15, -0.1) is 0 Å². The second-order valence-electron chi connectivity index (χ2n) is 4.40. The molecule has 4 nitrogen and oxygen atoms in total. The van der Waals surface area contributed by atoms with Crippen molar-refractivity contribution in [2.45, 2.75) is 39.5 Å². The van der Waals surface area contributed by atoms with Gasteiger partial charge in [0.15, 0.2) is 0 Å². The predicted molar refractivity (Wildman–Crippen MR) is 61.0 cm³/mol. The van der Waals surface area contributed by atoms with E-state index < -0.39 is 5.97 Å². The average Bonchev–Trinajstić information content (AvgIpc) is 2.18. The third-order valence-electron chi connectivity index (χ3n) is 3.29. The number of rotatable bonds is 5. The van der Waals surface area contributed by atoms with Crippen LogP contribution in [-0.2, 0) is 9.59 Å². The standard InChI is InChI=1S/C12H19NO3/c1-8(9(2)12(15)16)11(14)13-7-6-10-4-3-5-10/h10H,3-7H2,1-2H3,(H,13,14)(H,15,16). The van der Waals surface area contributed by atoms with Crippen molar-refractivity contribution in [3.63, 3.8) is 0 Å². The SMILES string of the molecule is CC(C(=O)O)=C(C)C(=O)NCCC1CCC1. The molecule has 0 saturated heterocycles. The van der Waals surface area contributed by atoms with E-state index in [1.54, 1.807) is 6.92 Å². The molecule has 2 N–H and O–H groups in total. The van der Waals surface area contributed by atoms with Gasteiger partial charge in [-0.1, -0.05) is 19.3 Å². The molecule has 1 rings (SSSR count). The predicted octanol–water partition coefficient (Wildman–Crippen LogP) is 1.71. The molecular formula is C12H19NO3. The Labute approximate surface area is 95.7 Å². The Morgan fingerprint density at radius 3 is 2.31 bits per heavy atom. The summed E-state index contributed by atoms with van der Waals surface area (Å²) in [4.78, 5) is 22.2. The van der Waals surface area contributed by atoms with E-state index in [2.05, 4.69) is 5.32 Å². The highest BCUT2D eigenvalue weighted by atomic mass is 16.4. The molecule has 0 heterocycles. The average molecular weight is 225 g/mol. The minimum Gasteiger partial charge on any atom is -0.478 e. The topological polar surface area (TPSA) is 66.4 Å². The summed E-state index contributed by atoms with van der Waals surface area (Å²) in [5.74, 6) is -0.545. The van der Waals surface area contributed by atoms with Crippen LogP contribution in [0.4, 0.5) is 0 Å². The second-order valence-corrected chi connectivity index (χ2v) is 4.40. The molecule has 1 saturated carbocycles. The molecule has 0 spiro atoms. The van der Waals surface area contributed by atoms with E-state index >= 15 is 0 Å². The van der Waals surface area contributed by atoms with Gasteiger partial charge in [-0.2, -0.15) is 0 Å². The van der Waals surface area contributed by atoms with Gasteiger partial charge in [-0.25, -0.2) is 4.79 Å². The van der Waals surface area contributed by atoms with Crippen LogP contribution < -0.4 is 5.32 Å². The Balaban J connectivity index is 2.33. The Morgan fingerprint density at radius 2 is 1.88 bits per heavy atom. The maximum Gasteiger partial charge on any atom is 0.331 e. The van der Waals surface area contributed by atoms with Crippen LogP contribution in [-0.4, -0.2) is 23.5 Å². The monoisotopic (exact) mass is 225 g/mol. The number of hydrogen-bond acceptors (Lipinski definition) is 2. The summed E-state index contributed by atoms with van der Waals surface area (Å²) in [5.41, 5.74) is 0.405. The van der Waals surface area contributed by atoms with Crippen molar-refractivity contribution in [1.82, 2.24) is 5.32 Å². The van der Waals surface area contributed by atoms with Gasteiger partial charge in [-0.3, -0.25) is 4.79 Å². The van der Waals surface area contributed by atoms with Gasteiger partial charge in [0.1, 0.15) is 0 Å². The maximum absolute atomic E-state index is 11.5. The Kier molecular flexibility index (Phi) is 4.52. The molecule has 0 unspecified atom stereocenters. The number of carboxylic acids is 1. The molecule has 0 aromatic heterocycles. The van der Waals surface area contributed by atoms with Crippen molar-refractivity contribution < 1.29 is 14.7 Å². The van der Waals surface area contributed by atoms with Crippen molar-refractivity contribution >= 4 is 11.9 Å². The lowest BCUT2D eigenvalue weighted by molar-refractivity contribution is -0.133. The van der Waals surface area contributed by atoms with Crippen molar-refractivity contribution in [2.24, 2.45) is 5.92 Å². The summed E-state index contributed by atoms with van der Waals surface area (Å²) in [6, 6.07) is 0. The van der Waals surface area contributed by atoms with Crippen molar-refractivity contribution in [1.29, 1.82) is 0 Å². The van der Waals surface area contributed by atoms with Crippen LogP contribution in [0.1, 0.15) is 39.5 Å². The Morgan fingerprint density at radius 1 is 1.25 bits per heavy atom. The zero-order valence-electron chi connectivity index (χ0n) is 9.88. The lowest BCUT2D eigenvalue weighted by Crippen LogP contribution is -2.28. The third-order valence-corrected chi connectivity index (χ3v) is 3.29. The number of hydrogen-bond donors (Lipinski definition) is 2. The Hall–Kier alpha value is -1.32. The molecule has 4 heteroatoms. The molecule has 0 radical (unpaired) electrons. The quantitative estimate of drug-likeness (QED) is 0.700. The summed E-state index contributed by atoms with van der Waals surface area (Å²) >= 11 is 0. The van der Waals surface area contributed by atoms with Gasteiger partial charge >= 0.3 is 5.97 Å². The number of nitrogens with one attached hydrogen (secondary N) is 1. The van der Waals surface area contributed by atoms with E-state index in [9.17, 15) is 9.59 Å². The molecule has 1 amide bonds. The third kappa shape index (κ3) is 3.36. The number of carbonyl (C=O) groups excluding carboxylic acids is 1. The van der Waals surface area contributed by atoms with Crippen LogP contribution in [0.25, 0.3) is 0 Å². The Bertz CT molecular complexity index is 316. The molecular weight excluding hydrogens is 206 g/mol. The highest BCUT2D eigenvalue weighted by Gasteiger charge is 2.17. The molecule has 90 valence electrons.